The fraction of sp³-hybridized carbons (Fsp3) is 0.533. The van der Waals surface area contributed by atoms with E-state index >= 15 is 0 Å². The molecule has 3 atom stereocenters. The Morgan fingerprint density at radius 3 is 2.45 bits per heavy atom. The predicted octanol–water partition coefficient (Wildman–Crippen LogP) is 1.72. The zero-order valence-corrected chi connectivity index (χ0v) is 12.4. The third kappa shape index (κ3) is 3.07. The molecule has 1 fully saturated rings. The number of carbonyl (C=O) groups is 1. The van der Waals surface area contributed by atoms with Crippen molar-refractivity contribution in [2.75, 3.05) is 13.1 Å². The number of carbonyl (C=O) groups excluding carboxylic acids is 1. The van der Waals surface area contributed by atoms with Crippen LogP contribution in [0, 0.1) is 11.8 Å². The van der Waals surface area contributed by atoms with Crippen molar-refractivity contribution < 1.29 is 15.0 Å². The summed E-state index contributed by atoms with van der Waals surface area (Å²) in [4.78, 5) is 12.2. The van der Waals surface area contributed by atoms with E-state index in [0.717, 1.165) is 5.56 Å². The fourth-order valence-corrected chi connectivity index (χ4v) is 3.12. The third-order valence-corrected chi connectivity index (χ3v) is 4.34. The number of aliphatic hydroxyl groups is 1. The average Bonchev–Trinajstić information content (AvgIpc) is 2.39. The third-order valence-electron chi connectivity index (χ3n) is 4.08. The van der Waals surface area contributed by atoms with E-state index < -0.39 is 12.2 Å². The molecule has 4 nitrogen and oxygen atoms in total. The Labute approximate surface area is 124 Å². The number of aliphatic hydroxyl groups excluding tert-OH is 1. The van der Waals surface area contributed by atoms with Crippen LogP contribution in [0.25, 0.3) is 0 Å². The lowest BCUT2D eigenvalue weighted by Crippen LogP contribution is -2.55. The van der Waals surface area contributed by atoms with Crippen LogP contribution in [0.15, 0.2) is 24.3 Å². The Kier molecular flexibility index (Phi) is 4.55. The van der Waals surface area contributed by atoms with E-state index in [-0.39, 0.29) is 24.3 Å². The number of β-amino-alcohol motifs (C(OH)–C–C–N with tert-alkyl or cyclic N) is 1. The highest BCUT2D eigenvalue weighted by molar-refractivity contribution is 6.30. The number of piperidine rings is 1. The first-order chi connectivity index (χ1) is 9.40. The molecule has 1 N–H and O–H groups in total. The summed E-state index contributed by atoms with van der Waals surface area (Å²) < 4.78 is 0. The number of hydrogen-bond acceptors (Lipinski definition) is 3. The molecule has 110 valence electrons. The molecule has 0 bridgehead atoms. The number of nitrogens with zero attached hydrogens (tertiary/aromatic N) is 1. The van der Waals surface area contributed by atoms with Gasteiger partial charge in [-0.15, -0.1) is 0 Å². The molecular formula is C15H19ClNO3-. The van der Waals surface area contributed by atoms with Crippen molar-refractivity contribution in [2.45, 2.75) is 25.9 Å². The number of rotatable bonds is 2. The smallest absolute Gasteiger partial charge is 0.137 e. The van der Waals surface area contributed by atoms with Gasteiger partial charge in [-0.25, -0.2) is 0 Å². The summed E-state index contributed by atoms with van der Waals surface area (Å²) in [6.07, 6.45) is -1.94. The van der Waals surface area contributed by atoms with Gasteiger partial charge in [0.25, 0.3) is 0 Å². The van der Waals surface area contributed by atoms with Crippen LogP contribution in [0.3, 0.4) is 0 Å². The maximum absolute atomic E-state index is 11.0. The van der Waals surface area contributed by atoms with Crippen LogP contribution in [-0.4, -0.2) is 35.3 Å². The van der Waals surface area contributed by atoms with E-state index in [4.69, 9.17) is 11.6 Å². The number of hydrogen-bond donors (Lipinski definition) is 1. The molecular weight excluding hydrogens is 278 g/mol. The van der Waals surface area contributed by atoms with Crippen molar-refractivity contribution in [3.63, 3.8) is 0 Å². The Morgan fingerprint density at radius 2 is 1.95 bits per heavy atom. The second kappa shape index (κ2) is 6.02. The normalized spacial score (nSPS) is 26.9. The summed E-state index contributed by atoms with van der Waals surface area (Å²) in [5, 5.41) is 22.1. The van der Waals surface area contributed by atoms with Gasteiger partial charge in [0.05, 0.1) is 6.10 Å². The maximum Gasteiger partial charge on any atom is 0.137 e. The fourth-order valence-electron chi connectivity index (χ4n) is 3.00. The molecule has 0 saturated carbocycles. The van der Waals surface area contributed by atoms with Crippen molar-refractivity contribution in [1.82, 2.24) is 4.90 Å². The molecule has 20 heavy (non-hydrogen) atoms. The first kappa shape index (κ1) is 15.1. The minimum absolute atomic E-state index is 0.0535. The molecule has 0 aliphatic carbocycles. The van der Waals surface area contributed by atoms with E-state index in [1.165, 1.54) is 4.90 Å². The topological polar surface area (TPSA) is 63.6 Å². The van der Waals surface area contributed by atoms with Gasteiger partial charge in [0.2, 0.25) is 0 Å². The molecule has 5 heteroatoms. The second-order valence-electron chi connectivity index (χ2n) is 5.72. The van der Waals surface area contributed by atoms with Gasteiger partial charge in [0.15, 0.2) is 0 Å². The van der Waals surface area contributed by atoms with Crippen LogP contribution in [0.2, 0.25) is 5.02 Å². The molecule has 1 aliphatic heterocycles. The van der Waals surface area contributed by atoms with E-state index in [2.05, 4.69) is 0 Å². The zero-order valence-electron chi connectivity index (χ0n) is 11.6. The molecule has 0 spiro atoms. The predicted molar refractivity (Wildman–Crippen MR) is 75.5 cm³/mol. The number of amides is 1. The van der Waals surface area contributed by atoms with Gasteiger partial charge >= 0.3 is 0 Å². The summed E-state index contributed by atoms with van der Waals surface area (Å²) in [5.41, 5.74) is 0.999. The van der Waals surface area contributed by atoms with Gasteiger partial charge in [-0.2, -0.15) is 0 Å². The van der Waals surface area contributed by atoms with Crippen molar-refractivity contribution in [1.29, 1.82) is 0 Å². The van der Waals surface area contributed by atoms with Crippen LogP contribution in [0.4, 0.5) is 4.79 Å². The lowest BCUT2D eigenvalue weighted by atomic mass is 9.73. The van der Waals surface area contributed by atoms with Crippen LogP contribution >= 0.6 is 11.6 Å². The summed E-state index contributed by atoms with van der Waals surface area (Å²) >= 11 is 5.89. The van der Waals surface area contributed by atoms with E-state index in [1.54, 1.807) is 12.1 Å². The lowest BCUT2D eigenvalue weighted by molar-refractivity contribution is -0.269. The van der Waals surface area contributed by atoms with Crippen LogP contribution in [-0.2, 0) is 0 Å². The number of likely N-dealkylation sites (tertiary alicyclic amines) is 1. The molecule has 1 saturated heterocycles. The van der Waals surface area contributed by atoms with Crippen molar-refractivity contribution in [3.05, 3.63) is 34.9 Å². The molecule has 0 aromatic heterocycles. The van der Waals surface area contributed by atoms with Gasteiger partial charge in [0.1, 0.15) is 6.09 Å². The highest BCUT2D eigenvalue weighted by atomic mass is 35.5. The van der Waals surface area contributed by atoms with E-state index in [1.807, 2.05) is 26.0 Å². The highest BCUT2D eigenvalue weighted by Gasteiger charge is 2.38. The lowest BCUT2D eigenvalue weighted by Gasteiger charge is -2.45. The van der Waals surface area contributed by atoms with Crippen LogP contribution in [0.1, 0.15) is 25.3 Å². The standard InChI is InChI=1S/C15H20ClNO3/c1-9(2)12-7-17(15(19)20)8-13(18)14(12)10-3-5-11(16)6-4-10/h3-6,9,12-14,18H,7-8H2,1-2H3,(H,19,20)/p-1. The summed E-state index contributed by atoms with van der Waals surface area (Å²) in [6.45, 7) is 4.57. The van der Waals surface area contributed by atoms with Crippen LogP contribution in [0.5, 0.6) is 0 Å². The highest BCUT2D eigenvalue weighted by Crippen LogP contribution is 2.37. The Balaban J connectivity index is 2.30. The second-order valence-corrected chi connectivity index (χ2v) is 6.16. The number of benzene rings is 1. The minimum Gasteiger partial charge on any atom is -0.530 e. The van der Waals surface area contributed by atoms with Crippen molar-refractivity contribution in [2.24, 2.45) is 11.8 Å². The molecule has 1 heterocycles. The summed E-state index contributed by atoms with van der Waals surface area (Å²) in [7, 11) is 0. The van der Waals surface area contributed by atoms with Crippen LogP contribution < -0.4 is 5.11 Å². The van der Waals surface area contributed by atoms with Crippen molar-refractivity contribution >= 4 is 17.7 Å². The van der Waals surface area contributed by atoms with Gasteiger partial charge in [-0.1, -0.05) is 37.6 Å². The van der Waals surface area contributed by atoms with E-state index in [0.29, 0.717) is 11.6 Å². The largest absolute Gasteiger partial charge is 0.530 e. The molecule has 0 radical (unpaired) electrons. The van der Waals surface area contributed by atoms with Crippen molar-refractivity contribution in [3.8, 4) is 0 Å². The molecule has 1 aliphatic rings. The first-order valence-corrected chi connectivity index (χ1v) is 7.17. The molecule has 1 aromatic carbocycles. The molecule has 1 aromatic rings. The molecule has 2 rings (SSSR count). The average molecular weight is 297 g/mol. The van der Waals surface area contributed by atoms with E-state index in [9.17, 15) is 15.0 Å². The van der Waals surface area contributed by atoms with Gasteiger partial charge in [-0.3, -0.25) is 0 Å². The first-order valence-electron chi connectivity index (χ1n) is 6.79. The number of halogens is 1. The Bertz CT molecular complexity index is 475. The van der Waals surface area contributed by atoms with Gasteiger partial charge in [0, 0.05) is 24.0 Å². The Morgan fingerprint density at radius 1 is 1.35 bits per heavy atom. The zero-order chi connectivity index (χ0) is 14.9. The molecule has 3 unspecified atom stereocenters. The summed E-state index contributed by atoms with van der Waals surface area (Å²) in [6, 6.07) is 7.40. The number of carboxylic acid groups (broad SMARTS) is 1. The maximum atomic E-state index is 11.0. The Hall–Kier alpha value is -1.26. The van der Waals surface area contributed by atoms with Gasteiger partial charge in [-0.05, 0) is 29.5 Å². The minimum atomic E-state index is -1.22. The molecule has 1 amide bonds. The summed E-state index contributed by atoms with van der Waals surface area (Å²) in [5.74, 6) is 0.230. The SMILES string of the molecule is CC(C)C1CN(C(=O)[O-])CC(O)C1c1ccc(Cl)cc1. The van der Waals surface area contributed by atoms with Gasteiger partial charge < -0.3 is 19.9 Å². The quantitative estimate of drug-likeness (QED) is 0.904. The monoisotopic (exact) mass is 296 g/mol.